The van der Waals surface area contributed by atoms with Crippen LogP contribution in [-0.2, 0) is 4.79 Å². The Bertz CT molecular complexity index is 645. The Morgan fingerprint density at radius 1 is 1.53 bits per heavy atom. The van der Waals surface area contributed by atoms with Crippen molar-refractivity contribution in [3.63, 3.8) is 0 Å². The quantitative estimate of drug-likeness (QED) is 0.615. The molecule has 0 fully saturated rings. The maximum absolute atomic E-state index is 11.0. The number of aliphatic hydroxyl groups excluding tert-OH is 1. The van der Waals surface area contributed by atoms with Crippen molar-refractivity contribution in [2.45, 2.75) is 18.6 Å². The van der Waals surface area contributed by atoms with Gasteiger partial charge in [-0.05, 0) is 24.7 Å². The number of aliphatic hydroxyl groups is 1. The second kappa shape index (κ2) is 5.25. The van der Waals surface area contributed by atoms with E-state index in [1.807, 2.05) is 0 Å². The number of fused-ring (bicyclic) bond motifs is 1. The first-order valence-electron chi connectivity index (χ1n) is 5.71. The van der Waals surface area contributed by atoms with E-state index in [1.54, 1.807) is 19.2 Å². The van der Waals surface area contributed by atoms with E-state index in [0.717, 1.165) is 0 Å². The van der Waals surface area contributed by atoms with E-state index < -0.39 is 23.9 Å². The smallest absolute Gasteiger partial charge is 0.417 e. The van der Waals surface area contributed by atoms with Crippen molar-refractivity contribution in [2.24, 2.45) is 0 Å². The fourth-order valence-electron chi connectivity index (χ4n) is 1.94. The van der Waals surface area contributed by atoms with Gasteiger partial charge in [0.2, 0.25) is 0 Å². The molecule has 19 heavy (non-hydrogen) atoms. The zero-order valence-electron chi connectivity index (χ0n) is 10.2. The largest absolute Gasteiger partial charge is 0.481 e. The van der Waals surface area contributed by atoms with Crippen LogP contribution in [-0.4, -0.2) is 34.3 Å². The summed E-state index contributed by atoms with van der Waals surface area (Å²) in [5.41, 5.74) is 1.34. The number of aliphatic carboxylic acids is 1. The van der Waals surface area contributed by atoms with Crippen LogP contribution in [0.3, 0.4) is 0 Å². The standard InChI is InChI=1S/C12H14N2O5/c1-13-8(5-10(15)16)11(17)6-2-3-7-9(4-6)19-12(18)14-7/h2-4,8,11,13,17H,5H2,1H3,(H,14,18)(H,15,16). The molecule has 0 bridgehead atoms. The van der Waals surface area contributed by atoms with Crippen LogP contribution in [0.1, 0.15) is 18.1 Å². The molecule has 1 heterocycles. The second-order valence-electron chi connectivity index (χ2n) is 4.21. The number of carboxylic acids is 1. The van der Waals surface area contributed by atoms with Crippen LogP contribution in [0.4, 0.5) is 0 Å². The van der Waals surface area contributed by atoms with Crippen molar-refractivity contribution < 1.29 is 19.4 Å². The lowest BCUT2D eigenvalue weighted by atomic mass is 9.99. The molecule has 102 valence electrons. The molecule has 2 rings (SSSR count). The number of carbonyl (C=O) groups is 1. The molecule has 0 aliphatic heterocycles. The Balaban J connectivity index is 2.31. The molecule has 4 N–H and O–H groups in total. The minimum atomic E-state index is -1.01. The van der Waals surface area contributed by atoms with Gasteiger partial charge in [0.1, 0.15) is 0 Å². The highest BCUT2D eigenvalue weighted by Gasteiger charge is 2.22. The molecule has 2 atom stereocenters. The number of benzene rings is 1. The molecule has 0 radical (unpaired) electrons. The summed E-state index contributed by atoms with van der Waals surface area (Å²) in [6.45, 7) is 0. The predicted molar refractivity (Wildman–Crippen MR) is 66.9 cm³/mol. The third-order valence-corrected chi connectivity index (χ3v) is 2.93. The summed E-state index contributed by atoms with van der Waals surface area (Å²) in [5.74, 6) is -1.58. The van der Waals surface area contributed by atoms with E-state index >= 15 is 0 Å². The van der Waals surface area contributed by atoms with Crippen molar-refractivity contribution in [3.05, 3.63) is 34.3 Å². The molecular formula is C12H14N2O5. The number of aromatic amines is 1. The summed E-state index contributed by atoms with van der Waals surface area (Å²) in [4.78, 5) is 24.2. The van der Waals surface area contributed by atoms with Crippen LogP contribution in [0.15, 0.2) is 27.4 Å². The van der Waals surface area contributed by atoms with Crippen LogP contribution in [0.5, 0.6) is 0 Å². The third-order valence-electron chi connectivity index (χ3n) is 2.93. The van der Waals surface area contributed by atoms with Crippen LogP contribution in [0.2, 0.25) is 0 Å². The Morgan fingerprint density at radius 2 is 2.26 bits per heavy atom. The van der Waals surface area contributed by atoms with Gasteiger partial charge in [-0.2, -0.15) is 0 Å². The zero-order valence-corrected chi connectivity index (χ0v) is 10.2. The van der Waals surface area contributed by atoms with E-state index in [0.29, 0.717) is 16.7 Å². The number of H-pyrrole nitrogens is 1. The van der Waals surface area contributed by atoms with Crippen molar-refractivity contribution in [3.8, 4) is 0 Å². The number of carboxylic acid groups (broad SMARTS) is 1. The van der Waals surface area contributed by atoms with Crippen LogP contribution in [0, 0.1) is 0 Å². The first-order valence-corrected chi connectivity index (χ1v) is 5.71. The number of aromatic nitrogens is 1. The van der Waals surface area contributed by atoms with E-state index in [1.165, 1.54) is 6.07 Å². The summed E-state index contributed by atoms with van der Waals surface area (Å²) < 4.78 is 4.89. The van der Waals surface area contributed by atoms with Gasteiger partial charge >= 0.3 is 11.7 Å². The first-order chi connectivity index (χ1) is 9.01. The third kappa shape index (κ3) is 2.83. The Hall–Kier alpha value is -2.12. The lowest BCUT2D eigenvalue weighted by Crippen LogP contribution is -2.34. The minimum absolute atomic E-state index is 0.215. The molecule has 0 spiro atoms. The topological polar surface area (TPSA) is 116 Å². The van der Waals surface area contributed by atoms with Gasteiger partial charge in [-0.3, -0.25) is 9.78 Å². The molecule has 0 saturated heterocycles. The fraction of sp³-hybridized carbons (Fsp3) is 0.333. The average Bonchev–Trinajstić information content (AvgIpc) is 2.73. The second-order valence-corrected chi connectivity index (χ2v) is 4.21. The summed E-state index contributed by atoms with van der Waals surface area (Å²) in [6.07, 6.45) is -1.22. The molecule has 0 aliphatic carbocycles. The van der Waals surface area contributed by atoms with Gasteiger partial charge < -0.3 is 19.9 Å². The predicted octanol–water partition coefficient (Wildman–Crippen LogP) is 0.217. The molecule has 7 nitrogen and oxygen atoms in total. The molecule has 0 saturated carbocycles. The zero-order chi connectivity index (χ0) is 14.0. The number of oxazole rings is 1. The highest BCUT2D eigenvalue weighted by Crippen LogP contribution is 2.22. The Labute approximate surface area is 107 Å². The summed E-state index contributed by atoms with van der Waals surface area (Å²) >= 11 is 0. The lowest BCUT2D eigenvalue weighted by molar-refractivity contribution is -0.138. The molecule has 1 aromatic carbocycles. The fourth-order valence-corrected chi connectivity index (χ4v) is 1.94. The molecule has 2 aromatic rings. The Morgan fingerprint density at radius 3 is 2.89 bits per heavy atom. The van der Waals surface area contributed by atoms with Crippen molar-refractivity contribution in [1.29, 1.82) is 0 Å². The van der Waals surface area contributed by atoms with Gasteiger partial charge in [-0.15, -0.1) is 0 Å². The van der Waals surface area contributed by atoms with E-state index in [4.69, 9.17) is 9.52 Å². The number of likely N-dealkylation sites (N-methyl/N-ethyl adjacent to an activating group) is 1. The highest BCUT2D eigenvalue weighted by molar-refractivity contribution is 5.73. The van der Waals surface area contributed by atoms with Crippen LogP contribution < -0.4 is 11.1 Å². The lowest BCUT2D eigenvalue weighted by Gasteiger charge is -2.21. The number of nitrogens with one attached hydrogen (secondary N) is 2. The number of hydrogen-bond donors (Lipinski definition) is 4. The Kier molecular flexibility index (Phi) is 3.68. The van der Waals surface area contributed by atoms with Gasteiger partial charge in [0.05, 0.1) is 18.0 Å². The molecule has 0 amide bonds. The summed E-state index contributed by atoms with van der Waals surface area (Å²) in [5, 5.41) is 21.7. The van der Waals surface area contributed by atoms with Crippen molar-refractivity contribution in [1.82, 2.24) is 10.3 Å². The number of hydrogen-bond acceptors (Lipinski definition) is 5. The molecule has 7 heteroatoms. The molecule has 1 aromatic heterocycles. The number of rotatable bonds is 5. The summed E-state index contributed by atoms with van der Waals surface area (Å²) in [6, 6.07) is 4.11. The molecule has 2 unspecified atom stereocenters. The van der Waals surface area contributed by atoms with Crippen LogP contribution in [0.25, 0.3) is 11.1 Å². The van der Waals surface area contributed by atoms with Gasteiger partial charge in [0.25, 0.3) is 0 Å². The highest BCUT2D eigenvalue weighted by atomic mass is 16.4. The van der Waals surface area contributed by atoms with E-state index in [9.17, 15) is 14.7 Å². The molecule has 0 aliphatic rings. The normalized spacial score (nSPS) is 14.4. The maximum Gasteiger partial charge on any atom is 0.417 e. The maximum atomic E-state index is 11.0. The summed E-state index contributed by atoms with van der Waals surface area (Å²) in [7, 11) is 1.58. The van der Waals surface area contributed by atoms with Gasteiger partial charge in [-0.1, -0.05) is 6.07 Å². The minimum Gasteiger partial charge on any atom is -0.481 e. The van der Waals surface area contributed by atoms with E-state index in [-0.39, 0.29) is 6.42 Å². The SMILES string of the molecule is CNC(CC(=O)O)C(O)c1ccc2[nH]c(=O)oc2c1. The van der Waals surface area contributed by atoms with Crippen molar-refractivity contribution >= 4 is 17.1 Å². The van der Waals surface area contributed by atoms with Gasteiger partial charge in [0, 0.05) is 6.04 Å². The van der Waals surface area contributed by atoms with Crippen LogP contribution >= 0.6 is 0 Å². The van der Waals surface area contributed by atoms with E-state index in [2.05, 4.69) is 10.3 Å². The molecular weight excluding hydrogens is 252 g/mol. The monoisotopic (exact) mass is 266 g/mol. The first kappa shape index (κ1) is 13.3. The van der Waals surface area contributed by atoms with Gasteiger partial charge in [-0.25, -0.2) is 4.79 Å². The average molecular weight is 266 g/mol. The van der Waals surface area contributed by atoms with Crippen molar-refractivity contribution in [2.75, 3.05) is 7.05 Å². The van der Waals surface area contributed by atoms with Gasteiger partial charge in [0.15, 0.2) is 5.58 Å².